The minimum atomic E-state index is -0.456. The van der Waals surface area contributed by atoms with Crippen LogP contribution in [0.4, 0.5) is 0 Å². The molecule has 1 aliphatic heterocycles. The summed E-state index contributed by atoms with van der Waals surface area (Å²) < 4.78 is 12.4. The molecule has 2 rings (SSSR count). The predicted molar refractivity (Wildman–Crippen MR) is 60.6 cm³/mol. The van der Waals surface area contributed by atoms with Crippen LogP contribution in [0.3, 0.4) is 0 Å². The van der Waals surface area contributed by atoms with Gasteiger partial charge in [0.1, 0.15) is 6.10 Å². The molecule has 1 saturated heterocycles. The van der Waals surface area contributed by atoms with Crippen LogP contribution in [0.15, 0.2) is 12.3 Å². The number of nitrogens with one attached hydrogen (secondary N) is 1. The maximum absolute atomic E-state index is 10.5. The summed E-state index contributed by atoms with van der Waals surface area (Å²) in [5.74, 6) is 0. The number of aromatic nitrogens is 2. The summed E-state index contributed by atoms with van der Waals surface area (Å²) >= 11 is 0. The molecule has 17 heavy (non-hydrogen) atoms. The van der Waals surface area contributed by atoms with Crippen LogP contribution < -0.4 is 10.4 Å². The minimum absolute atomic E-state index is 0.0219. The maximum atomic E-state index is 10.5. The molecule has 1 aliphatic rings. The molecule has 0 spiro atoms. The van der Waals surface area contributed by atoms with Gasteiger partial charge < -0.3 is 19.9 Å². The highest BCUT2D eigenvalue weighted by atomic mass is 16.8. The number of hydrogen-bond donors (Lipinski definition) is 1. The third-order valence-corrected chi connectivity index (χ3v) is 2.48. The van der Waals surface area contributed by atoms with Gasteiger partial charge in [0.15, 0.2) is 0 Å². The lowest BCUT2D eigenvalue weighted by atomic mass is 10.1. The molecule has 7 heteroatoms. The average molecular weight is 242 g/mol. The van der Waals surface area contributed by atoms with E-state index >= 15 is 0 Å². The van der Waals surface area contributed by atoms with Crippen molar-refractivity contribution in [2.24, 2.45) is 0 Å². The molecule has 96 valence electrons. The Balaban J connectivity index is 1.95. The molecular weight excluding hydrogens is 226 g/mol. The van der Waals surface area contributed by atoms with Gasteiger partial charge in [0, 0.05) is 12.3 Å². The van der Waals surface area contributed by atoms with Crippen molar-refractivity contribution in [2.75, 3.05) is 13.2 Å². The molecule has 0 bridgehead atoms. The Morgan fingerprint density at radius 1 is 1.65 bits per heavy atom. The zero-order valence-electron chi connectivity index (χ0n) is 9.88. The summed E-state index contributed by atoms with van der Waals surface area (Å²) in [6, 6.07) is 1.43. The summed E-state index contributed by atoms with van der Waals surface area (Å²) in [5, 5.41) is 23.7. The molecule has 0 aromatic carbocycles. The molecule has 1 aromatic rings. The number of hydrogen-bond acceptors (Lipinski definition) is 4. The summed E-state index contributed by atoms with van der Waals surface area (Å²) in [5.41, 5.74) is -0.415. The van der Waals surface area contributed by atoms with Crippen LogP contribution in [-0.2, 0) is 16.0 Å². The number of H-pyrrole nitrogens is 1. The van der Waals surface area contributed by atoms with Crippen LogP contribution in [0, 0.1) is 10.4 Å². The summed E-state index contributed by atoms with van der Waals surface area (Å²) in [7, 11) is 0. The Hall–Kier alpha value is -1.47. The van der Waals surface area contributed by atoms with Crippen molar-refractivity contribution in [3.63, 3.8) is 0 Å². The third kappa shape index (κ3) is 3.50. The highest BCUT2D eigenvalue weighted by molar-refractivity contribution is 4.84. The molecular formula is C10H16N3O4-. The Bertz CT molecular complexity index is 440. The Labute approximate surface area is 98.4 Å². The van der Waals surface area contributed by atoms with E-state index in [1.54, 1.807) is 10.9 Å². The summed E-state index contributed by atoms with van der Waals surface area (Å²) in [6.45, 7) is 5.73. The fourth-order valence-electron chi connectivity index (χ4n) is 1.51. The van der Waals surface area contributed by atoms with E-state index in [-0.39, 0.29) is 11.6 Å². The SMILES string of the molecule is CC(C)(Cn1ccc(=[N+]([O-])[O-])[nH]1)OC[C@@H]1CO1. The lowest BCUT2D eigenvalue weighted by molar-refractivity contribution is -0.0378. The van der Waals surface area contributed by atoms with Crippen molar-refractivity contribution in [1.29, 1.82) is 0 Å². The molecule has 1 N–H and O–H groups in total. The molecule has 1 aromatic heterocycles. The van der Waals surface area contributed by atoms with Gasteiger partial charge in [0.25, 0.3) is 0 Å². The van der Waals surface area contributed by atoms with Crippen LogP contribution in [0.1, 0.15) is 13.8 Å². The average Bonchev–Trinajstić information content (AvgIpc) is 2.95. The lowest BCUT2D eigenvalue weighted by Gasteiger charge is -2.24. The van der Waals surface area contributed by atoms with E-state index in [4.69, 9.17) is 9.47 Å². The molecule has 0 amide bonds. The van der Waals surface area contributed by atoms with Crippen LogP contribution in [0.2, 0.25) is 0 Å². The van der Waals surface area contributed by atoms with Gasteiger partial charge in [-0.3, -0.25) is 4.90 Å². The Kier molecular flexibility index (Phi) is 3.12. The smallest absolute Gasteiger partial charge is 0.300 e. The van der Waals surface area contributed by atoms with E-state index in [1.807, 2.05) is 13.8 Å². The van der Waals surface area contributed by atoms with Gasteiger partial charge in [-0.25, -0.2) is 4.68 Å². The zero-order chi connectivity index (χ0) is 12.5. The van der Waals surface area contributed by atoms with E-state index in [2.05, 4.69) is 5.10 Å². The van der Waals surface area contributed by atoms with E-state index < -0.39 is 10.5 Å². The van der Waals surface area contributed by atoms with Crippen LogP contribution in [0.25, 0.3) is 0 Å². The van der Waals surface area contributed by atoms with E-state index in [0.717, 1.165) is 6.61 Å². The largest absolute Gasteiger partial charge is 0.712 e. The second kappa shape index (κ2) is 4.42. The number of epoxide rings is 1. The van der Waals surface area contributed by atoms with E-state index in [0.29, 0.717) is 13.2 Å². The fraction of sp³-hybridized carbons (Fsp3) is 0.700. The number of aromatic amines is 1. The van der Waals surface area contributed by atoms with Crippen molar-refractivity contribution in [3.05, 3.63) is 28.2 Å². The standard InChI is InChI=1S/C10H16N3O4/c1-10(2,17-6-8-5-16-8)7-12-4-3-9(11-12)13(14)15/h3-4,8,11H,5-7H2,1-2H3/q-1/t8-/m0/s1. The first-order chi connectivity index (χ1) is 7.96. The minimum Gasteiger partial charge on any atom is -0.712 e. The van der Waals surface area contributed by atoms with Gasteiger partial charge in [-0.2, -0.15) is 5.10 Å². The molecule has 0 unspecified atom stereocenters. The van der Waals surface area contributed by atoms with E-state index in [1.165, 1.54) is 6.07 Å². The summed E-state index contributed by atoms with van der Waals surface area (Å²) in [6.07, 6.45) is 1.86. The van der Waals surface area contributed by atoms with Gasteiger partial charge in [-0.15, -0.1) is 0 Å². The van der Waals surface area contributed by atoms with Gasteiger partial charge in [-0.1, -0.05) is 0 Å². The Morgan fingerprint density at radius 3 is 2.88 bits per heavy atom. The maximum Gasteiger partial charge on any atom is 0.300 e. The van der Waals surface area contributed by atoms with Gasteiger partial charge in [-0.05, 0) is 13.8 Å². The van der Waals surface area contributed by atoms with Crippen LogP contribution in [0.5, 0.6) is 0 Å². The molecule has 0 saturated carbocycles. The molecule has 1 fully saturated rings. The van der Waals surface area contributed by atoms with Crippen molar-refractivity contribution < 1.29 is 9.47 Å². The second-order valence-electron chi connectivity index (χ2n) is 4.72. The monoisotopic (exact) mass is 242 g/mol. The van der Waals surface area contributed by atoms with Crippen molar-refractivity contribution >= 4 is 0 Å². The molecule has 2 heterocycles. The third-order valence-electron chi connectivity index (χ3n) is 2.48. The van der Waals surface area contributed by atoms with Crippen molar-refractivity contribution in [1.82, 2.24) is 14.7 Å². The highest BCUT2D eigenvalue weighted by Gasteiger charge is 2.28. The quantitative estimate of drug-likeness (QED) is 0.570. The van der Waals surface area contributed by atoms with Gasteiger partial charge in [0.2, 0.25) is 0 Å². The molecule has 0 radical (unpaired) electrons. The van der Waals surface area contributed by atoms with Crippen LogP contribution in [-0.4, -0.2) is 34.7 Å². The van der Waals surface area contributed by atoms with Gasteiger partial charge in [0.05, 0.1) is 25.4 Å². The lowest BCUT2D eigenvalue weighted by Crippen LogP contribution is -2.33. The Morgan fingerprint density at radius 2 is 2.35 bits per heavy atom. The number of ether oxygens (including phenoxy) is 2. The van der Waals surface area contributed by atoms with Crippen molar-refractivity contribution in [2.45, 2.75) is 32.1 Å². The first kappa shape index (κ1) is 12.0. The van der Waals surface area contributed by atoms with Crippen molar-refractivity contribution in [3.8, 4) is 0 Å². The normalized spacial score (nSPS) is 19.3. The molecule has 1 atom stereocenters. The molecule has 7 nitrogen and oxygen atoms in total. The first-order valence-electron chi connectivity index (χ1n) is 5.45. The topological polar surface area (TPSA) is 91.6 Å². The summed E-state index contributed by atoms with van der Waals surface area (Å²) in [4.78, 5) is -0.456. The second-order valence-corrected chi connectivity index (χ2v) is 4.72. The zero-order valence-corrected chi connectivity index (χ0v) is 9.88. The number of rotatable bonds is 5. The first-order valence-corrected chi connectivity index (χ1v) is 5.45. The van der Waals surface area contributed by atoms with E-state index in [9.17, 15) is 10.4 Å². The van der Waals surface area contributed by atoms with Crippen LogP contribution >= 0.6 is 0 Å². The van der Waals surface area contributed by atoms with Gasteiger partial charge >= 0.3 is 5.49 Å². The molecule has 0 aliphatic carbocycles. The number of nitrogens with zero attached hydrogens (tertiary/aromatic N) is 2. The predicted octanol–water partition coefficient (Wildman–Crippen LogP) is -0.222. The fourth-order valence-corrected chi connectivity index (χ4v) is 1.51. The highest BCUT2D eigenvalue weighted by Crippen LogP contribution is 2.16.